The summed E-state index contributed by atoms with van der Waals surface area (Å²) in [6.45, 7) is 0.563. The zero-order chi connectivity index (χ0) is 14.3. The lowest BCUT2D eigenvalue weighted by atomic mass is 9.99. The van der Waals surface area contributed by atoms with Crippen LogP contribution in [0.3, 0.4) is 0 Å². The third-order valence-electron chi connectivity index (χ3n) is 3.25. The van der Waals surface area contributed by atoms with Crippen molar-refractivity contribution >= 4 is 0 Å². The maximum Gasteiger partial charge on any atom is 0.184 e. The van der Waals surface area contributed by atoms with E-state index in [-0.39, 0.29) is 0 Å². The van der Waals surface area contributed by atoms with E-state index in [1.807, 2.05) is 0 Å². The van der Waals surface area contributed by atoms with E-state index >= 15 is 0 Å². The van der Waals surface area contributed by atoms with E-state index in [2.05, 4.69) is 0 Å². The van der Waals surface area contributed by atoms with Gasteiger partial charge in [-0.05, 0) is 19.4 Å². The van der Waals surface area contributed by atoms with Crippen LogP contribution in [0.2, 0.25) is 0 Å². The topological polar surface area (TPSA) is 125 Å². The molecular formula is C12H25NO6. The normalized spacial score (nSPS) is 35.5. The van der Waals surface area contributed by atoms with Crippen molar-refractivity contribution in [2.24, 2.45) is 5.73 Å². The average Bonchev–Trinajstić information content (AvgIpc) is 2.41. The fourth-order valence-electron chi connectivity index (χ4n) is 2.07. The van der Waals surface area contributed by atoms with Crippen molar-refractivity contribution in [3.8, 4) is 0 Å². The first-order valence-corrected chi connectivity index (χ1v) is 6.74. The van der Waals surface area contributed by atoms with Crippen molar-refractivity contribution in [3.63, 3.8) is 0 Å². The molecule has 1 fully saturated rings. The third kappa shape index (κ3) is 4.96. The minimum absolute atomic E-state index is 0.364. The highest BCUT2D eigenvalue weighted by molar-refractivity contribution is 4.89. The summed E-state index contributed by atoms with van der Waals surface area (Å²) in [5, 5.41) is 38.0. The maximum atomic E-state index is 9.81. The molecule has 7 heteroatoms. The van der Waals surface area contributed by atoms with Crippen molar-refractivity contribution in [3.05, 3.63) is 0 Å². The molecule has 5 atom stereocenters. The van der Waals surface area contributed by atoms with Gasteiger partial charge >= 0.3 is 0 Å². The fourth-order valence-corrected chi connectivity index (χ4v) is 2.07. The standard InChI is InChI=1S/C12H25NO6/c13-5-3-1-2-4-6-18-11-10(16)9(15)8(7-14)19-12(11)17/h8-12,14-17H,1-7,13H2/t8-,9-,10+,11+,12+/m1/s1. The number of hydrogen-bond donors (Lipinski definition) is 5. The lowest BCUT2D eigenvalue weighted by Crippen LogP contribution is -2.59. The second-order valence-corrected chi connectivity index (χ2v) is 4.77. The van der Waals surface area contributed by atoms with Gasteiger partial charge in [0.2, 0.25) is 0 Å². The lowest BCUT2D eigenvalue weighted by Gasteiger charge is -2.39. The molecule has 0 aromatic rings. The van der Waals surface area contributed by atoms with Gasteiger partial charge < -0.3 is 35.6 Å². The van der Waals surface area contributed by atoms with Crippen molar-refractivity contribution in [1.29, 1.82) is 0 Å². The fraction of sp³-hybridized carbons (Fsp3) is 1.00. The highest BCUT2D eigenvalue weighted by Gasteiger charge is 2.44. The monoisotopic (exact) mass is 279 g/mol. The summed E-state index contributed by atoms with van der Waals surface area (Å²) >= 11 is 0. The molecule has 0 saturated carbocycles. The molecule has 6 N–H and O–H groups in total. The first-order chi connectivity index (χ1) is 9.11. The van der Waals surface area contributed by atoms with Gasteiger partial charge in [-0.3, -0.25) is 0 Å². The zero-order valence-electron chi connectivity index (χ0n) is 11.0. The Balaban J connectivity index is 2.28. The van der Waals surface area contributed by atoms with Crippen molar-refractivity contribution < 1.29 is 29.9 Å². The molecule has 0 unspecified atom stereocenters. The minimum Gasteiger partial charge on any atom is -0.394 e. The molecule has 1 saturated heterocycles. The van der Waals surface area contributed by atoms with E-state index in [9.17, 15) is 15.3 Å². The quantitative estimate of drug-likeness (QED) is 0.336. The Labute approximate surface area is 112 Å². The number of nitrogens with two attached hydrogens (primary N) is 1. The van der Waals surface area contributed by atoms with Crippen LogP contribution in [0.4, 0.5) is 0 Å². The summed E-state index contributed by atoms with van der Waals surface area (Å²) in [6, 6.07) is 0. The van der Waals surface area contributed by atoms with E-state index in [0.717, 1.165) is 25.7 Å². The van der Waals surface area contributed by atoms with Gasteiger partial charge in [0.1, 0.15) is 24.4 Å². The van der Waals surface area contributed by atoms with Crippen molar-refractivity contribution in [1.82, 2.24) is 0 Å². The number of rotatable bonds is 8. The van der Waals surface area contributed by atoms with E-state index in [1.165, 1.54) is 0 Å². The smallest absolute Gasteiger partial charge is 0.184 e. The highest BCUT2D eigenvalue weighted by atomic mass is 16.7. The highest BCUT2D eigenvalue weighted by Crippen LogP contribution is 2.22. The Hall–Kier alpha value is -0.280. The molecule has 1 rings (SSSR count). The first kappa shape index (κ1) is 16.8. The number of ether oxygens (including phenoxy) is 2. The molecule has 0 aromatic carbocycles. The molecule has 1 aliphatic rings. The van der Waals surface area contributed by atoms with E-state index in [4.69, 9.17) is 20.3 Å². The van der Waals surface area contributed by atoms with Gasteiger partial charge in [-0.15, -0.1) is 0 Å². The lowest BCUT2D eigenvalue weighted by molar-refractivity contribution is -0.296. The summed E-state index contributed by atoms with van der Waals surface area (Å²) < 4.78 is 10.3. The number of aliphatic hydroxyl groups excluding tert-OH is 4. The number of aliphatic hydroxyl groups is 4. The van der Waals surface area contributed by atoms with Crippen LogP contribution >= 0.6 is 0 Å². The summed E-state index contributed by atoms with van der Waals surface area (Å²) in [7, 11) is 0. The maximum absolute atomic E-state index is 9.81. The molecule has 19 heavy (non-hydrogen) atoms. The van der Waals surface area contributed by atoms with Gasteiger partial charge in [0.05, 0.1) is 6.61 Å². The molecule has 114 valence electrons. The third-order valence-corrected chi connectivity index (χ3v) is 3.25. The summed E-state index contributed by atoms with van der Waals surface area (Å²) in [5.41, 5.74) is 5.38. The van der Waals surface area contributed by atoms with Crippen molar-refractivity contribution in [2.45, 2.75) is 56.4 Å². The Kier molecular flexibility index (Phi) is 7.77. The molecule has 0 aliphatic carbocycles. The van der Waals surface area contributed by atoms with Gasteiger partial charge in [0.15, 0.2) is 6.29 Å². The summed E-state index contributed by atoms with van der Waals surface area (Å²) in [6.07, 6.45) is -2.15. The Morgan fingerprint density at radius 3 is 2.32 bits per heavy atom. The van der Waals surface area contributed by atoms with Gasteiger partial charge in [0, 0.05) is 6.61 Å². The molecule has 0 spiro atoms. The first-order valence-electron chi connectivity index (χ1n) is 6.74. The van der Waals surface area contributed by atoms with Crippen LogP contribution < -0.4 is 5.73 Å². The van der Waals surface area contributed by atoms with Crippen LogP contribution in [0.15, 0.2) is 0 Å². The van der Waals surface area contributed by atoms with Crippen LogP contribution in [0.5, 0.6) is 0 Å². The molecule has 1 heterocycles. The summed E-state index contributed by atoms with van der Waals surface area (Å²) in [4.78, 5) is 0. The second-order valence-electron chi connectivity index (χ2n) is 4.77. The molecule has 7 nitrogen and oxygen atoms in total. The Bertz CT molecular complexity index is 242. The van der Waals surface area contributed by atoms with E-state index < -0.39 is 37.3 Å². The number of hydrogen-bond acceptors (Lipinski definition) is 7. The van der Waals surface area contributed by atoms with Gasteiger partial charge in [-0.25, -0.2) is 0 Å². The molecule has 0 amide bonds. The van der Waals surface area contributed by atoms with Crippen LogP contribution in [0.1, 0.15) is 25.7 Å². The minimum atomic E-state index is -1.35. The van der Waals surface area contributed by atoms with Gasteiger partial charge in [-0.2, -0.15) is 0 Å². The second kappa shape index (κ2) is 8.80. The largest absolute Gasteiger partial charge is 0.394 e. The molecule has 0 bridgehead atoms. The van der Waals surface area contributed by atoms with Crippen LogP contribution in [0, 0.1) is 0 Å². The van der Waals surface area contributed by atoms with Gasteiger partial charge in [-0.1, -0.05) is 12.8 Å². The predicted octanol–water partition coefficient (Wildman–Crippen LogP) is -1.68. The molecule has 1 aliphatic heterocycles. The van der Waals surface area contributed by atoms with Crippen molar-refractivity contribution in [2.75, 3.05) is 19.8 Å². The number of unbranched alkanes of at least 4 members (excludes halogenated alkanes) is 3. The van der Waals surface area contributed by atoms with Crippen LogP contribution in [-0.2, 0) is 9.47 Å². The predicted molar refractivity (Wildman–Crippen MR) is 67.2 cm³/mol. The SMILES string of the molecule is NCCCCCCO[C@H]1[C@@H](O)[C@H](O)[C@@H](CO)O[C@@H]1O. The molecule has 0 aromatic heterocycles. The zero-order valence-corrected chi connectivity index (χ0v) is 11.0. The molecular weight excluding hydrogens is 254 g/mol. The Morgan fingerprint density at radius 1 is 1.00 bits per heavy atom. The van der Waals surface area contributed by atoms with Crippen LogP contribution in [0.25, 0.3) is 0 Å². The van der Waals surface area contributed by atoms with Crippen LogP contribution in [-0.4, -0.2) is 70.9 Å². The average molecular weight is 279 g/mol. The van der Waals surface area contributed by atoms with Gasteiger partial charge in [0.25, 0.3) is 0 Å². The van der Waals surface area contributed by atoms with E-state index in [1.54, 1.807) is 0 Å². The molecule has 0 radical (unpaired) electrons. The van der Waals surface area contributed by atoms with E-state index in [0.29, 0.717) is 13.2 Å². The summed E-state index contributed by atoms with van der Waals surface area (Å²) in [5.74, 6) is 0. The Morgan fingerprint density at radius 2 is 1.68 bits per heavy atom.